The number of esters is 1. The summed E-state index contributed by atoms with van der Waals surface area (Å²) < 4.78 is 31.7. The lowest BCUT2D eigenvalue weighted by atomic mass is 10.1. The van der Waals surface area contributed by atoms with Gasteiger partial charge in [-0.2, -0.15) is 0 Å². The summed E-state index contributed by atoms with van der Waals surface area (Å²) in [6.45, 7) is 2.37. The van der Waals surface area contributed by atoms with E-state index in [4.69, 9.17) is 4.74 Å². The van der Waals surface area contributed by atoms with Crippen LogP contribution in [0.15, 0.2) is 18.2 Å². The van der Waals surface area contributed by atoms with Crippen LogP contribution in [0.4, 0.5) is 8.78 Å². The summed E-state index contributed by atoms with van der Waals surface area (Å²) in [4.78, 5) is 25.4. The summed E-state index contributed by atoms with van der Waals surface area (Å²) in [6.07, 6.45) is 0.969. The van der Waals surface area contributed by atoms with Gasteiger partial charge in [-0.1, -0.05) is 12.1 Å². The van der Waals surface area contributed by atoms with Crippen molar-refractivity contribution in [1.82, 2.24) is 4.90 Å². The van der Waals surface area contributed by atoms with Crippen molar-refractivity contribution >= 4 is 11.9 Å². The Morgan fingerprint density at radius 2 is 2.14 bits per heavy atom. The zero-order valence-electron chi connectivity index (χ0n) is 11.8. The van der Waals surface area contributed by atoms with Crippen LogP contribution in [0.25, 0.3) is 0 Å². The van der Waals surface area contributed by atoms with E-state index in [9.17, 15) is 18.4 Å². The molecule has 2 rings (SSSR count). The van der Waals surface area contributed by atoms with Crippen molar-refractivity contribution in [2.24, 2.45) is 0 Å². The molecule has 0 saturated carbocycles. The van der Waals surface area contributed by atoms with E-state index in [0.717, 1.165) is 6.07 Å². The lowest BCUT2D eigenvalue weighted by Gasteiger charge is -2.23. The minimum atomic E-state index is -1.02. The molecule has 1 amide bonds. The molecule has 114 valence electrons. The standard InChI is InChI=1S/C15H17F2NO3/c1-2-21-15(20)12-7-4-8-18(12)13(19)9-10-5-3-6-11(16)14(10)17/h3,5-6,12H,2,4,7-9H2,1H3. The van der Waals surface area contributed by atoms with Crippen LogP contribution in [0, 0.1) is 11.6 Å². The van der Waals surface area contributed by atoms with Gasteiger partial charge in [-0.05, 0) is 25.8 Å². The molecule has 1 heterocycles. The van der Waals surface area contributed by atoms with Gasteiger partial charge in [0.15, 0.2) is 11.6 Å². The lowest BCUT2D eigenvalue weighted by Crippen LogP contribution is -2.42. The van der Waals surface area contributed by atoms with Crippen LogP contribution in [0.5, 0.6) is 0 Å². The Balaban J connectivity index is 2.09. The van der Waals surface area contributed by atoms with E-state index in [1.165, 1.54) is 17.0 Å². The Kier molecular flexibility index (Phi) is 4.88. The van der Waals surface area contributed by atoms with Crippen molar-refractivity contribution in [3.63, 3.8) is 0 Å². The van der Waals surface area contributed by atoms with Crippen molar-refractivity contribution in [1.29, 1.82) is 0 Å². The number of nitrogens with zero attached hydrogens (tertiary/aromatic N) is 1. The van der Waals surface area contributed by atoms with Gasteiger partial charge in [0.05, 0.1) is 13.0 Å². The first kappa shape index (κ1) is 15.4. The van der Waals surface area contributed by atoms with Crippen molar-refractivity contribution in [3.05, 3.63) is 35.4 Å². The number of carbonyl (C=O) groups excluding carboxylic acids is 2. The van der Waals surface area contributed by atoms with E-state index in [1.54, 1.807) is 6.92 Å². The zero-order chi connectivity index (χ0) is 15.4. The number of ether oxygens (including phenoxy) is 1. The first-order valence-corrected chi connectivity index (χ1v) is 6.93. The molecule has 21 heavy (non-hydrogen) atoms. The largest absolute Gasteiger partial charge is 0.464 e. The third kappa shape index (κ3) is 3.37. The molecule has 1 aliphatic heterocycles. The smallest absolute Gasteiger partial charge is 0.328 e. The predicted molar refractivity (Wildman–Crippen MR) is 71.4 cm³/mol. The molecule has 1 aliphatic rings. The predicted octanol–water partition coefficient (Wildman–Crippen LogP) is 2.06. The zero-order valence-corrected chi connectivity index (χ0v) is 11.8. The maximum atomic E-state index is 13.6. The Morgan fingerprint density at radius 1 is 1.38 bits per heavy atom. The van der Waals surface area contributed by atoms with Gasteiger partial charge in [0.2, 0.25) is 5.91 Å². The summed E-state index contributed by atoms with van der Waals surface area (Å²) in [5.74, 6) is -2.83. The molecule has 0 aliphatic carbocycles. The number of carbonyl (C=O) groups is 2. The van der Waals surface area contributed by atoms with E-state index >= 15 is 0 Å². The third-order valence-electron chi connectivity index (χ3n) is 3.51. The number of halogens is 2. The molecule has 1 unspecified atom stereocenters. The molecule has 4 nitrogen and oxygen atoms in total. The fraction of sp³-hybridized carbons (Fsp3) is 0.467. The Morgan fingerprint density at radius 3 is 2.86 bits per heavy atom. The highest BCUT2D eigenvalue weighted by Gasteiger charge is 2.35. The number of benzene rings is 1. The van der Waals surface area contributed by atoms with Gasteiger partial charge in [0.25, 0.3) is 0 Å². The quantitative estimate of drug-likeness (QED) is 0.799. The average molecular weight is 297 g/mol. The minimum Gasteiger partial charge on any atom is -0.464 e. The molecule has 0 spiro atoms. The molecule has 1 fully saturated rings. The second-order valence-corrected chi connectivity index (χ2v) is 4.89. The third-order valence-corrected chi connectivity index (χ3v) is 3.51. The van der Waals surface area contributed by atoms with Gasteiger partial charge in [-0.3, -0.25) is 4.79 Å². The molecule has 0 N–H and O–H groups in total. The van der Waals surface area contributed by atoms with E-state index in [2.05, 4.69) is 0 Å². The number of likely N-dealkylation sites (tertiary alicyclic amines) is 1. The summed E-state index contributed by atoms with van der Waals surface area (Å²) >= 11 is 0. The molecule has 0 aromatic heterocycles. The maximum absolute atomic E-state index is 13.6. The van der Waals surface area contributed by atoms with Crippen molar-refractivity contribution in [3.8, 4) is 0 Å². The number of hydrogen-bond acceptors (Lipinski definition) is 3. The van der Waals surface area contributed by atoms with Gasteiger partial charge in [-0.15, -0.1) is 0 Å². The molecular formula is C15H17F2NO3. The molecule has 0 bridgehead atoms. The minimum absolute atomic E-state index is 0.00508. The second kappa shape index (κ2) is 6.65. The highest BCUT2D eigenvalue weighted by atomic mass is 19.2. The monoisotopic (exact) mass is 297 g/mol. The van der Waals surface area contributed by atoms with Crippen LogP contribution in [-0.2, 0) is 20.7 Å². The molecule has 1 aromatic carbocycles. The van der Waals surface area contributed by atoms with Crippen molar-refractivity contribution in [2.75, 3.05) is 13.2 Å². The van der Waals surface area contributed by atoms with Gasteiger partial charge >= 0.3 is 5.97 Å². The highest BCUT2D eigenvalue weighted by molar-refractivity contribution is 5.86. The molecular weight excluding hydrogens is 280 g/mol. The average Bonchev–Trinajstić information content (AvgIpc) is 2.93. The molecule has 1 aromatic rings. The fourth-order valence-corrected chi connectivity index (χ4v) is 2.50. The molecule has 0 radical (unpaired) electrons. The SMILES string of the molecule is CCOC(=O)C1CCCN1C(=O)Cc1cccc(F)c1F. The van der Waals surface area contributed by atoms with E-state index in [-0.39, 0.29) is 18.6 Å². The van der Waals surface area contributed by atoms with Crippen LogP contribution in [0.1, 0.15) is 25.3 Å². The summed E-state index contributed by atoms with van der Waals surface area (Å²) in [6, 6.07) is 3.11. The van der Waals surface area contributed by atoms with Gasteiger partial charge in [0.1, 0.15) is 6.04 Å². The van der Waals surface area contributed by atoms with Crippen LogP contribution in [-0.4, -0.2) is 36.0 Å². The van der Waals surface area contributed by atoms with Crippen molar-refractivity contribution in [2.45, 2.75) is 32.2 Å². The Labute approximate surface area is 121 Å². The summed E-state index contributed by atoms with van der Waals surface area (Å²) in [5, 5.41) is 0. The highest BCUT2D eigenvalue weighted by Crippen LogP contribution is 2.21. The second-order valence-electron chi connectivity index (χ2n) is 4.89. The Bertz CT molecular complexity index is 548. The molecule has 1 atom stereocenters. The van der Waals surface area contributed by atoms with E-state index in [0.29, 0.717) is 19.4 Å². The van der Waals surface area contributed by atoms with Crippen LogP contribution < -0.4 is 0 Å². The summed E-state index contributed by atoms with van der Waals surface area (Å²) in [7, 11) is 0. The first-order chi connectivity index (χ1) is 10.0. The fourth-order valence-electron chi connectivity index (χ4n) is 2.50. The van der Waals surface area contributed by atoms with Gasteiger partial charge in [-0.25, -0.2) is 13.6 Å². The number of rotatable bonds is 4. The molecule has 6 heteroatoms. The topological polar surface area (TPSA) is 46.6 Å². The van der Waals surface area contributed by atoms with E-state index in [1.807, 2.05) is 0 Å². The Hall–Kier alpha value is -1.98. The summed E-state index contributed by atoms with van der Waals surface area (Å²) in [5.41, 5.74) is -0.00508. The maximum Gasteiger partial charge on any atom is 0.328 e. The lowest BCUT2D eigenvalue weighted by molar-refractivity contribution is -0.152. The van der Waals surface area contributed by atoms with E-state index < -0.39 is 29.6 Å². The van der Waals surface area contributed by atoms with Gasteiger partial charge < -0.3 is 9.64 Å². The normalized spacial score (nSPS) is 17.9. The van der Waals surface area contributed by atoms with Crippen molar-refractivity contribution < 1.29 is 23.1 Å². The first-order valence-electron chi connectivity index (χ1n) is 6.93. The van der Waals surface area contributed by atoms with Crippen LogP contribution >= 0.6 is 0 Å². The number of amides is 1. The molecule has 1 saturated heterocycles. The number of hydrogen-bond donors (Lipinski definition) is 0. The van der Waals surface area contributed by atoms with Gasteiger partial charge in [0, 0.05) is 12.1 Å². The van der Waals surface area contributed by atoms with Crippen LogP contribution in [0.2, 0.25) is 0 Å². The van der Waals surface area contributed by atoms with Crippen LogP contribution in [0.3, 0.4) is 0 Å².